The Balaban J connectivity index is 0.00000210. The van der Waals surface area contributed by atoms with Crippen LogP contribution in [0.1, 0.15) is 42.9 Å². The lowest BCUT2D eigenvalue weighted by Gasteiger charge is -2.36. The summed E-state index contributed by atoms with van der Waals surface area (Å²) in [4.78, 5) is 15.2. The third-order valence-electron chi connectivity index (χ3n) is 6.10. The van der Waals surface area contributed by atoms with Crippen molar-refractivity contribution >= 4 is 18.3 Å². The monoisotopic (exact) mass is 387 g/mol. The highest BCUT2D eigenvalue weighted by Crippen LogP contribution is 2.34. The number of likely N-dealkylation sites (N-methyl/N-ethyl adjacent to an activating group) is 1. The summed E-state index contributed by atoms with van der Waals surface area (Å²) in [5.74, 6) is 0.708. The van der Waals surface area contributed by atoms with Crippen LogP contribution in [0.2, 0.25) is 0 Å². The number of dihydropyridines is 1. The lowest BCUT2D eigenvalue weighted by Crippen LogP contribution is -2.47. The van der Waals surface area contributed by atoms with E-state index in [4.69, 9.17) is 0 Å². The number of carbonyl (C=O) groups excluding carboxylic acids is 1. The Kier molecular flexibility index (Phi) is 6.61. The summed E-state index contributed by atoms with van der Waals surface area (Å²) >= 11 is 0. The molecule has 1 fully saturated rings. The van der Waals surface area contributed by atoms with Crippen molar-refractivity contribution in [3.8, 4) is 0 Å². The van der Waals surface area contributed by atoms with Crippen molar-refractivity contribution in [1.82, 2.24) is 15.5 Å². The second kappa shape index (κ2) is 8.94. The molecule has 5 heteroatoms. The number of carbonyl (C=O) groups is 1. The summed E-state index contributed by atoms with van der Waals surface area (Å²) in [5, 5.41) is 6.93. The Morgan fingerprint density at radius 3 is 2.74 bits per heavy atom. The second-order valence-electron chi connectivity index (χ2n) is 7.71. The molecule has 0 saturated carbocycles. The SMILES string of the molecule is CN(C(=O)C1C=CC=C(C2CCNCC2)N1)C1CCCc2ccccc21.Cl. The zero-order valence-corrected chi connectivity index (χ0v) is 16.8. The molecule has 4 rings (SSSR count). The number of hydrogen-bond acceptors (Lipinski definition) is 3. The number of piperidine rings is 1. The quantitative estimate of drug-likeness (QED) is 0.835. The van der Waals surface area contributed by atoms with Crippen molar-refractivity contribution in [3.63, 3.8) is 0 Å². The maximum Gasteiger partial charge on any atom is 0.249 e. The van der Waals surface area contributed by atoms with Gasteiger partial charge in [-0.2, -0.15) is 0 Å². The molecule has 0 spiro atoms. The lowest BCUT2D eigenvalue weighted by molar-refractivity contribution is -0.133. The number of hydrogen-bond donors (Lipinski definition) is 2. The van der Waals surface area contributed by atoms with E-state index in [1.54, 1.807) is 0 Å². The predicted octanol–water partition coefficient (Wildman–Crippen LogP) is 3.36. The fourth-order valence-electron chi connectivity index (χ4n) is 4.58. The molecule has 4 nitrogen and oxygen atoms in total. The molecule has 2 N–H and O–H groups in total. The van der Waals surface area contributed by atoms with E-state index in [2.05, 4.69) is 47.1 Å². The number of aryl methyl sites for hydroxylation is 1. The first-order chi connectivity index (χ1) is 12.7. The first-order valence-electron chi connectivity index (χ1n) is 9.94. The molecule has 2 atom stereocenters. The fraction of sp³-hybridized carbons (Fsp3) is 0.500. The molecule has 1 aliphatic carbocycles. The molecule has 0 bridgehead atoms. The summed E-state index contributed by atoms with van der Waals surface area (Å²) in [5.41, 5.74) is 3.94. The van der Waals surface area contributed by atoms with Crippen molar-refractivity contribution < 1.29 is 4.79 Å². The number of rotatable bonds is 3. The third-order valence-corrected chi connectivity index (χ3v) is 6.10. The number of allylic oxidation sites excluding steroid dienone is 3. The standard InChI is InChI=1S/C22H29N3O.ClH/c1-25(21-11-4-7-16-6-2-3-8-18(16)21)22(26)20-10-5-9-19(24-20)17-12-14-23-15-13-17;/h2-3,5-6,8-10,17,20-21,23-24H,4,7,11-15H2,1H3;1H. The van der Waals surface area contributed by atoms with Crippen LogP contribution < -0.4 is 10.6 Å². The van der Waals surface area contributed by atoms with Gasteiger partial charge in [-0.3, -0.25) is 4.79 Å². The number of nitrogens with zero attached hydrogens (tertiary/aromatic N) is 1. The smallest absolute Gasteiger partial charge is 0.249 e. The summed E-state index contributed by atoms with van der Waals surface area (Å²) in [6.07, 6.45) is 11.8. The highest BCUT2D eigenvalue weighted by Gasteiger charge is 2.31. The first kappa shape index (κ1) is 20.0. The molecule has 0 radical (unpaired) electrons. The number of fused-ring (bicyclic) bond motifs is 1. The van der Waals surface area contributed by atoms with E-state index in [-0.39, 0.29) is 30.4 Å². The van der Waals surface area contributed by atoms with Gasteiger partial charge in [0.15, 0.2) is 0 Å². The molecule has 1 aromatic carbocycles. The Morgan fingerprint density at radius 2 is 1.93 bits per heavy atom. The molecule has 1 amide bonds. The fourth-order valence-corrected chi connectivity index (χ4v) is 4.58. The molecular formula is C22H30ClN3O. The Bertz CT molecular complexity index is 724. The average molecular weight is 388 g/mol. The highest BCUT2D eigenvalue weighted by molar-refractivity contribution is 5.85. The lowest BCUT2D eigenvalue weighted by atomic mass is 9.86. The van der Waals surface area contributed by atoms with Gasteiger partial charge in [-0.15, -0.1) is 12.4 Å². The molecule has 2 heterocycles. The van der Waals surface area contributed by atoms with E-state index in [1.165, 1.54) is 16.8 Å². The van der Waals surface area contributed by atoms with Crippen molar-refractivity contribution in [2.45, 2.75) is 44.2 Å². The maximum atomic E-state index is 13.2. The van der Waals surface area contributed by atoms with Crippen molar-refractivity contribution in [1.29, 1.82) is 0 Å². The van der Waals surface area contributed by atoms with Crippen LogP contribution in [0.3, 0.4) is 0 Å². The minimum absolute atomic E-state index is 0. The summed E-state index contributed by atoms with van der Waals surface area (Å²) in [7, 11) is 1.97. The van der Waals surface area contributed by atoms with E-state index in [0.717, 1.165) is 45.2 Å². The van der Waals surface area contributed by atoms with Crippen LogP contribution in [-0.4, -0.2) is 37.0 Å². The molecule has 1 aromatic rings. The van der Waals surface area contributed by atoms with Crippen LogP contribution in [0.15, 0.2) is 48.2 Å². The van der Waals surface area contributed by atoms with Crippen LogP contribution in [-0.2, 0) is 11.2 Å². The van der Waals surface area contributed by atoms with E-state index >= 15 is 0 Å². The van der Waals surface area contributed by atoms with Gasteiger partial charge in [-0.25, -0.2) is 0 Å². The number of amides is 1. The highest BCUT2D eigenvalue weighted by atomic mass is 35.5. The van der Waals surface area contributed by atoms with Crippen molar-refractivity contribution in [3.05, 3.63) is 59.3 Å². The van der Waals surface area contributed by atoms with Gasteiger partial charge in [0.05, 0.1) is 6.04 Å². The average Bonchev–Trinajstić information content (AvgIpc) is 2.73. The van der Waals surface area contributed by atoms with Gasteiger partial charge >= 0.3 is 0 Å². The van der Waals surface area contributed by atoms with Gasteiger partial charge in [-0.05, 0) is 62.4 Å². The molecular weight excluding hydrogens is 358 g/mol. The summed E-state index contributed by atoms with van der Waals surface area (Å²) < 4.78 is 0. The second-order valence-corrected chi connectivity index (χ2v) is 7.71. The zero-order chi connectivity index (χ0) is 17.9. The minimum Gasteiger partial charge on any atom is -0.374 e. The normalized spacial score (nSPS) is 24.9. The van der Waals surface area contributed by atoms with Gasteiger partial charge < -0.3 is 15.5 Å². The van der Waals surface area contributed by atoms with Crippen LogP contribution >= 0.6 is 12.4 Å². The summed E-state index contributed by atoms with van der Waals surface area (Å²) in [6.45, 7) is 2.12. The molecule has 1 saturated heterocycles. The van der Waals surface area contributed by atoms with Crippen LogP contribution in [0.5, 0.6) is 0 Å². The third kappa shape index (κ3) is 4.22. The Morgan fingerprint density at radius 1 is 1.15 bits per heavy atom. The topological polar surface area (TPSA) is 44.4 Å². The van der Waals surface area contributed by atoms with E-state index in [1.807, 2.05) is 18.0 Å². The van der Waals surface area contributed by atoms with E-state index in [0.29, 0.717) is 5.92 Å². The Hall–Kier alpha value is -1.78. The van der Waals surface area contributed by atoms with Gasteiger partial charge in [0.25, 0.3) is 0 Å². The molecule has 27 heavy (non-hydrogen) atoms. The van der Waals surface area contributed by atoms with Gasteiger partial charge in [0.1, 0.15) is 6.04 Å². The molecule has 2 aliphatic heterocycles. The zero-order valence-electron chi connectivity index (χ0n) is 16.0. The van der Waals surface area contributed by atoms with Crippen molar-refractivity contribution in [2.75, 3.05) is 20.1 Å². The minimum atomic E-state index is -0.246. The first-order valence-corrected chi connectivity index (χ1v) is 9.94. The molecule has 146 valence electrons. The van der Waals surface area contributed by atoms with Gasteiger partial charge in [0.2, 0.25) is 5.91 Å². The van der Waals surface area contributed by atoms with E-state index < -0.39 is 0 Å². The van der Waals surface area contributed by atoms with E-state index in [9.17, 15) is 4.79 Å². The van der Waals surface area contributed by atoms with Gasteiger partial charge in [0, 0.05) is 18.7 Å². The molecule has 0 aromatic heterocycles. The predicted molar refractivity (Wildman–Crippen MR) is 112 cm³/mol. The number of benzene rings is 1. The van der Waals surface area contributed by atoms with Crippen LogP contribution in [0.25, 0.3) is 0 Å². The molecule has 2 unspecified atom stereocenters. The Labute approximate surface area is 168 Å². The largest absolute Gasteiger partial charge is 0.374 e. The van der Waals surface area contributed by atoms with Crippen LogP contribution in [0, 0.1) is 5.92 Å². The molecule has 3 aliphatic rings. The summed E-state index contributed by atoms with van der Waals surface area (Å²) in [6, 6.07) is 8.53. The van der Waals surface area contributed by atoms with Crippen LogP contribution in [0.4, 0.5) is 0 Å². The van der Waals surface area contributed by atoms with Gasteiger partial charge in [-0.1, -0.05) is 36.4 Å². The maximum absolute atomic E-state index is 13.2. The van der Waals surface area contributed by atoms with Crippen molar-refractivity contribution in [2.24, 2.45) is 5.92 Å². The number of nitrogens with one attached hydrogen (secondary N) is 2. The number of halogens is 1.